The number of hydrogen-bond donors (Lipinski definition) is 0. The van der Waals surface area contributed by atoms with Crippen LogP contribution in [0.4, 0.5) is 0 Å². The van der Waals surface area contributed by atoms with Crippen molar-refractivity contribution < 1.29 is 18.7 Å². The Morgan fingerprint density at radius 1 is 1.07 bits per heavy atom. The standard InChI is InChI=1S/C22H22N2O4/c1-14-20(27-19-11-5-4-10-18(19)26-14)22(25)24-12-6-7-15(13-24)21-23-16-8-2-3-9-17(16)28-21/h2-5,8-11,14-15,20H,6-7,12-13H2,1H3. The van der Waals surface area contributed by atoms with Crippen LogP contribution in [0, 0.1) is 0 Å². The SMILES string of the molecule is CC1Oc2ccccc2OC1C(=O)N1CCCC(c2nc3ccccc3o2)C1. The van der Waals surface area contributed by atoms with Gasteiger partial charge in [-0.15, -0.1) is 0 Å². The van der Waals surface area contributed by atoms with Crippen LogP contribution in [0.5, 0.6) is 11.5 Å². The Hall–Kier alpha value is -3.02. The van der Waals surface area contributed by atoms with Gasteiger partial charge in [0.15, 0.2) is 23.0 Å². The van der Waals surface area contributed by atoms with E-state index in [-0.39, 0.29) is 17.9 Å². The number of benzene rings is 2. The van der Waals surface area contributed by atoms with E-state index >= 15 is 0 Å². The van der Waals surface area contributed by atoms with E-state index in [1.165, 1.54) is 0 Å². The molecule has 2 aliphatic rings. The molecule has 1 aromatic heterocycles. The third-order valence-corrected chi connectivity index (χ3v) is 5.48. The van der Waals surface area contributed by atoms with Gasteiger partial charge < -0.3 is 18.8 Å². The number of piperidine rings is 1. The highest BCUT2D eigenvalue weighted by atomic mass is 16.6. The maximum atomic E-state index is 13.2. The first-order valence-electron chi connectivity index (χ1n) is 9.75. The molecule has 144 valence electrons. The van der Waals surface area contributed by atoms with Crippen LogP contribution < -0.4 is 9.47 Å². The van der Waals surface area contributed by atoms with Gasteiger partial charge in [0.2, 0.25) is 6.10 Å². The van der Waals surface area contributed by atoms with Crippen molar-refractivity contribution in [2.24, 2.45) is 0 Å². The lowest BCUT2D eigenvalue weighted by Crippen LogP contribution is -2.52. The topological polar surface area (TPSA) is 64.8 Å². The molecule has 3 aromatic rings. The van der Waals surface area contributed by atoms with Gasteiger partial charge in [-0.05, 0) is 44.0 Å². The predicted octanol–water partition coefficient (Wildman–Crippen LogP) is 3.76. The largest absolute Gasteiger partial charge is 0.482 e. The highest BCUT2D eigenvalue weighted by Crippen LogP contribution is 2.35. The van der Waals surface area contributed by atoms with Crippen molar-refractivity contribution in [3.63, 3.8) is 0 Å². The average molecular weight is 378 g/mol. The van der Waals surface area contributed by atoms with E-state index in [2.05, 4.69) is 4.98 Å². The summed E-state index contributed by atoms with van der Waals surface area (Å²) in [5, 5.41) is 0. The third-order valence-electron chi connectivity index (χ3n) is 5.48. The Kier molecular flexibility index (Phi) is 4.19. The molecular formula is C22H22N2O4. The summed E-state index contributed by atoms with van der Waals surface area (Å²) in [6.07, 6.45) is 0.884. The minimum Gasteiger partial charge on any atom is -0.482 e. The number of fused-ring (bicyclic) bond motifs is 2. The Labute approximate surface area is 163 Å². The number of para-hydroxylation sites is 4. The molecule has 28 heavy (non-hydrogen) atoms. The maximum absolute atomic E-state index is 13.2. The second-order valence-electron chi connectivity index (χ2n) is 7.45. The van der Waals surface area contributed by atoms with Gasteiger partial charge in [-0.2, -0.15) is 0 Å². The van der Waals surface area contributed by atoms with Crippen LogP contribution in [0.15, 0.2) is 52.9 Å². The number of carbonyl (C=O) groups excluding carboxylic acids is 1. The normalized spacial score (nSPS) is 24.3. The van der Waals surface area contributed by atoms with E-state index in [4.69, 9.17) is 13.9 Å². The molecule has 3 atom stereocenters. The quantitative estimate of drug-likeness (QED) is 0.679. The fourth-order valence-corrected chi connectivity index (χ4v) is 4.01. The third kappa shape index (κ3) is 2.99. The zero-order chi connectivity index (χ0) is 19.1. The van der Waals surface area contributed by atoms with E-state index in [0.717, 1.165) is 23.9 Å². The summed E-state index contributed by atoms with van der Waals surface area (Å²) in [6, 6.07) is 15.2. The van der Waals surface area contributed by atoms with Gasteiger partial charge in [0.25, 0.3) is 5.91 Å². The number of amides is 1. The highest BCUT2D eigenvalue weighted by Gasteiger charge is 2.39. The molecule has 0 saturated carbocycles. The lowest BCUT2D eigenvalue weighted by molar-refractivity contribution is -0.145. The molecular weight excluding hydrogens is 356 g/mol. The fourth-order valence-electron chi connectivity index (χ4n) is 4.01. The summed E-state index contributed by atoms with van der Waals surface area (Å²) < 4.78 is 17.8. The van der Waals surface area contributed by atoms with E-state index in [0.29, 0.717) is 30.5 Å². The second-order valence-corrected chi connectivity index (χ2v) is 7.45. The summed E-state index contributed by atoms with van der Waals surface area (Å²) >= 11 is 0. The molecule has 0 radical (unpaired) electrons. The van der Waals surface area contributed by atoms with Crippen molar-refractivity contribution in [1.29, 1.82) is 0 Å². The highest BCUT2D eigenvalue weighted by molar-refractivity contribution is 5.82. The molecule has 2 aliphatic heterocycles. The van der Waals surface area contributed by atoms with Gasteiger partial charge in [-0.25, -0.2) is 4.98 Å². The van der Waals surface area contributed by atoms with Crippen molar-refractivity contribution in [2.75, 3.05) is 13.1 Å². The van der Waals surface area contributed by atoms with E-state index in [9.17, 15) is 4.79 Å². The first kappa shape index (κ1) is 17.1. The van der Waals surface area contributed by atoms with Crippen LogP contribution in [0.2, 0.25) is 0 Å². The predicted molar refractivity (Wildman–Crippen MR) is 104 cm³/mol. The Morgan fingerprint density at radius 2 is 1.82 bits per heavy atom. The van der Waals surface area contributed by atoms with Gasteiger partial charge in [0.05, 0.1) is 5.92 Å². The number of ether oxygens (including phenoxy) is 2. The van der Waals surface area contributed by atoms with Crippen LogP contribution in [0.25, 0.3) is 11.1 Å². The molecule has 0 aliphatic carbocycles. The van der Waals surface area contributed by atoms with E-state index in [1.807, 2.05) is 60.4 Å². The van der Waals surface area contributed by atoms with Gasteiger partial charge in [-0.1, -0.05) is 24.3 Å². The first-order chi connectivity index (χ1) is 13.7. The molecule has 0 spiro atoms. The molecule has 5 rings (SSSR count). The van der Waals surface area contributed by atoms with Gasteiger partial charge in [0.1, 0.15) is 11.6 Å². The van der Waals surface area contributed by atoms with Crippen molar-refractivity contribution in [3.8, 4) is 11.5 Å². The molecule has 0 N–H and O–H groups in total. The van der Waals surface area contributed by atoms with Crippen LogP contribution in [-0.4, -0.2) is 41.1 Å². The molecule has 6 heteroatoms. The summed E-state index contributed by atoms with van der Waals surface area (Å²) in [5.41, 5.74) is 1.64. The smallest absolute Gasteiger partial charge is 0.267 e. The van der Waals surface area contributed by atoms with Crippen molar-refractivity contribution >= 4 is 17.0 Å². The summed E-state index contributed by atoms with van der Waals surface area (Å²) in [6.45, 7) is 3.17. The van der Waals surface area contributed by atoms with Crippen LogP contribution in [0.1, 0.15) is 31.6 Å². The molecule has 1 fully saturated rings. The zero-order valence-electron chi connectivity index (χ0n) is 15.7. The van der Waals surface area contributed by atoms with E-state index < -0.39 is 6.10 Å². The molecule has 0 bridgehead atoms. The molecule has 3 heterocycles. The Balaban J connectivity index is 1.34. The van der Waals surface area contributed by atoms with Crippen LogP contribution >= 0.6 is 0 Å². The summed E-state index contributed by atoms with van der Waals surface area (Å²) in [5.74, 6) is 2.06. The van der Waals surface area contributed by atoms with Crippen molar-refractivity contribution in [1.82, 2.24) is 9.88 Å². The Bertz CT molecular complexity index is 981. The van der Waals surface area contributed by atoms with Gasteiger partial charge >= 0.3 is 0 Å². The lowest BCUT2D eigenvalue weighted by Gasteiger charge is -2.37. The molecule has 2 aromatic carbocycles. The lowest BCUT2D eigenvalue weighted by atomic mass is 9.97. The number of rotatable bonds is 2. The molecule has 6 nitrogen and oxygen atoms in total. The van der Waals surface area contributed by atoms with Gasteiger partial charge in [0, 0.05) is 13.1 Å². The van der Waals surface area contributed by atoms with Crippen molar-refractivity contribution in [2.45, 2.75) is 37.9 Å². The number of carbonyl (C=O) groups is 1. The zero-order valence-corrected chi connectivity index (χ0v) is 15.7. The number of nitrogens with zero attached hydrogens (tertiary/aromatic N) is 2. The van der Waals surface area contributed by atoms with Crippen LogP contribution in [-0.2, 0) is 4.79 Å². The molecule has 1 saturated heterocycles. The number of oxazole rings is 1. The first-order valence-corrected chi connectivity index (χ1v) is 9.75. The monoisotopic (exact) mass is 378 g/mol. The molecule has 3 unspecified atom stereocenters. The number of hydrogen-bond acceptors (Lipinski definition) is 5. The summed E-state index contributed by atoms with van der Waals surface area (Å²) in [4.78, 5) is 19.7. The van der Waals surface area contributed by atoms with Crippen molar-refractivity contribution in [3.05, 3.63) is 54.4 Å². The second kappa shape index (κ2) is 6.86. The number of likely N-dealkylation sites (tertiary alicyclic amines) is 1. The van der Waals surface area contributed by atoms with Gasteiger partial charge in [-0.3, -0.25) is 4.79 Å². The van der Waals surface area contributed by atoms with E-state index in [1.54, 1.807) is 0 Å². The maximum Gasteiger partial charge on any atom is 0.267 e. The minimum atomic E-state index is -0.641. The average Bonchev–Trinajstić information content (AvgIpc) is 3.17. The summed E-state index contributed by atoms with van der Waals surface area (Å²) in [7, 11) is 0. The molecule has 1 amide bonds. The Morgan fingerprint density at radius 3 is 2.64 bits per heavy atom. The number of aromatic nitrogens is 1. The minimum absolute atomic E-state index is 0.0391. The van der Waals surface area contributed by atoms with Crippen LogP contribution in [0.3, 0.4) is 0 Å². The fraction of sp³-hybridized carbons (Fsp3) is 0.364.